The molecular formula is C16H25NO3. The van der Waals surface area contributed by atoms with Crippen LogP contribution >= 0.6 is 0 Å². The van der Waals surface area contributed by atoms with Crippen LogP contribution in [0.25, 0.3) is 0 Å². The number of rotatable bonds is 7. The molecule has 1 aromatic carbocycles. The number of carbonyl (C=O) groups excluding carboxylic acids is 1. The third kappa shape index (κ3) is 8.53. The summed E-state index contributed by atoms with van der Waals surface area (Å²) in [6.07, 6.45) is 1.44. The second kappa shape index (κ2) is 8.59. The first-order chi connectivity index (χ1) is 9.47. The number of alkyl carbamates (subject to hydrolysis) is 1. The molecule has 1 N–H and O–H groups in total. The number of ether oxygens (including phenoxy) is 2. The van der Waals surface area contributed by atoms with Crippen molar-refractivity contribution >= 4 is 6.09 Å². The molecule has 0 unspecified atom stereocenters. The van der Waals surface area contributed by atoms with Crippen molar-refractivity contribution < 1.29 is 14.3 Å². The summed E-state index contributed by atoms with van der Waals surface area (Å²) in [6.45, 7) is 7.73. The Bertz CT molecular complexity index is 384. The molecule has 1 aromatic rings. The van der Waals surface area contributed by atoms with E-state index in [0.29, 0.717) is 19.8 Å². The number of nitrogens with one attached hydrogen (secondary N) is 1. The minimum atomic E-state index is -0.370. The van der Waals surface area contributed by atoms with Crippen LogP contribution in [-0.2, 0) is 16.1 Å². The minimum absolute atomic E-state index is 0.0952. The lowest BCUT2D eigenvalue weighted by Gasteiger charge is -2.19. The molecule has 4 nitrogen and oxygen atoms in total. The summed E-state index contributed by atoms with van der Waals surface area (Å²) in [5.74, 6) is 0. The van der Waals surface area contributed by atoms with Gasteiger partial charge in [0.25, 0.3) is 0 Å². The second-order valence-electron chi connectivity index (χ2n) is 5.66. The number of unbranched alkanes of at least 4 members (excludes halogenated alkanes) is 1. The van der Waals surface area contributed by atoms with Crippen molar-refractivity contribution in [3.63, 3.8) is 0 Å². The van der Waals surface area contributed by atoms with Gasteiger partial charge in [0.05, 0.1) is 5.60 Å². The van der Waals surface area contributed by atoms with Crippen LogP contribution < -0.4 is 5.32 Å². The lowest BCUT2D eigenvalue weighted by molar-refractivity contribution is -0.00455. The molecule has 0 atom stereocenters. The molecule has 1 amide bonds. The lowest BCUT2D eigenvalue weighted by Crippen LogP contribution is -2.26. The van der Waals surface area contributed by atoms with Gasteiger partial charge in [0, 0.05) is 13.2 Å². The normalized spacial score (nSPS) is 11.2. The zero-order valence-electron chi connectivity index (χ0n) is 12.6. The van der Waals surface area contributed by atoms with Gasteiger partial charge in [0.2, 0.25) is 0 Å². The van der Waals surface area contributed by atoms with Crippen molar-refractivity contribution in [2.45, 2.75) is 45.8 Å². The average molecular weight is 279 g/mol. The van der Waals surface area contributed by atoms with Crippen LogP contribution in [0.2, 0.25) is 0 Å². The van der Waals surface area contributed by atoms with Gasteiger partial charge in [-0.05, 0) is 39.2 Å². The minimum Gasteiger partial charge on any atom is -0.445 e. The quantitative estimate of drug-likeness (QED) is 0.777. The summed E-state index contributed by atoms with van der Waals surface area (Å²) < 4.78 is 10.7. The summed E-state index contributed by atoms with van der Waals surface area (Å²) >= 11 is 0. The van der Waals surface area contributed by atoms with Gasteiger partial charge in [0.15, 0.2) is 0 Å². The van der Waals surface area contributed by atoms with Gasteiger partial charge in [-0.2, -0.15) is 0 Å². The zero-order valence-corrected chi connectivity index (χ0v) is 12.6. The van der Waals surface area contributed by atoms with E-state index in [9.17, 15) is 4.79 Å². The number of amides is 1. The van der Waals surface area contributed by atoms with Crippen LogP contribution in [0.4, 0.5) is 4.79 Å². The Balaban J connectivity index is 2.01. The maximum atomic E-state index is 11.4. The first kappa shape index (κ1) is 16.5. The molecule has 0 radical (unpaired) electrons. The highest BCUT2D eigenvalue weighted by Crippen LogP contribution is 2.07. The standard InChI is InChI=1S/C16H25NO3/c1-16(2,3)20-12-8-7-11-17-15(18)19-13-14-9-5-4-6-10-14/h4-6,9-10H,7-8,11-13H2,1-3H3,(H,17,18). The molecule has 112 valence electrons. The Morgan fingerprint density at radius 1 is 1.15 bits per heavy atom. The van der Waals surface area contributed by atoms with Crippen molar-refractivity contribution in [2.75, 3.05) is 13.2 Å². The largest absolute Gasteiger partial charge is 0.445 e. The summed E-state index contributed by atoms with van der Waals surface area (Å²) in [4.78, 5) is 11.4. The van der Waals surface area contributed by atoms with E-state index in [4.69, 9.17) is 9.47 Å². The predicted octanol–water partition coefficient (Wildman–Crippen LogP) is 3.51. The third-order valence-corrected chi connectivity index (χ3v) is 2.59. The molecule has 0 aliphatic rings. The molecule has 0 aromatic heterocycles. The summed E-state index contributed by atoms with van der Waals surface area (Å²) in [6, 6.07) is 9.63. The highest BCUT2D eigenvalue weighted by Gasteiger charge is 2.08. The highest BCUT2D eigenvalue weighted by atomic mass is 16.5. The fourth-order valence-electron chi connectivity index (χ4n) is 1.57. The molecule has 1 rings (SSSR count). The van der Waals surface area contributed by atoms with Gasteiger partial charge < -0.3 is 14.8 Å². The van der Waals surface area contributed by atoms with Crippen molar-refractivity contribution in [3.8, 4) is 0 Å². The molecular weight excluding hydrogens is 254 g/mol. The van der Waals surface area contributed by atoms with E-state index < -0.39 is 0 Å². The van der Waals surface area contributed by atoms with Crippen molar-refractivity contribution in [1.82, 2.24) is 5.32 Å². The van der Waals surface area contributed by atoms with E-state index in [-0.39, 0.29) is 11.7 Å². The maximum Gasteiger partial charge on any atom is 0.407 e. The van der Waals surface area contributed by atoms with Gasteiger partial charge in [-0.3, -0.25) is 0 Å². The molecule has 0 aliphatic carbocycles. The van der Waals surface area contributed by atoms with Gasteiger partial charge in [-0.25, -0.2) is 4.79 Å². The molecule has 0 saturated carbocycles. The topological polar surface area (TPSA) is 47.6 Å². The molecule has 0 heterocycles. The SMILES string of the molecule is CC(C)(C)OCCCCNC(=O)OCc1ccccc1. The van der Waals surface area contributed by atoms with Crippen LogP contribution in [0.1, 0.15) is 39.2 Å². The Morgan fingerprint density at radius 2 is 1.85 bits per heavy atom. The molecule has 0 spiro atoms. The van der Waals surface area contributed by atoms with Gasteiger partial charge in [-0.15, -0.1) is 0 Å². The Kier molecular flexibility index (Phi) is 7.09. The first-order valence-corrected chi connectivity index (χ1v) is 7.06. The number of hydrogen-bond donors (Lipinski definition) is 1. The van der Waals surface area contributed by atoms with Crippen LogP contribution in [-0.4, -0.2) is 24.8 Å². The smallest absolute Gasteiger partial charge is 0.407 e. The van der Waals surface area contributed by atoms with Gasteiger partial charge in [-0.1, -0.05) is 30.3 Å². The van der Waals surface area contributed by atoms with E-state index in [1.807, 2.05) is 51.1 Å². The van der Waals surface area contributed by atoms with E-state index in [2.05, 4.69) is 5.32 Å². The molecule has 0 bridgehead atoms. The lowest BCUT2D eigenvalue weighted by atomic mass is 10.2. The monoisotopic (exact) mass is 279 g/mol. The van der Waals surface area contributed by atoms with Crippen LogP contribution in [0.5, 0.6) is 0 Å². The third-order valence-electron chi connectivity index (χ3n) is 2.59. The van der Waals surface area contributed by atoms with E-state index >= 15 is 0 Å². The highest BCUT2D eigenvalue weighted by molar-refractivity contribution is 5.67. The Labute approximate surface area is 121 Å². The molecule has 0 aliphatic heterocycles. The van der Waals surface area contributed by atoms with Crippen LogP contribution in [0, 0.1) is 0 Å². The Hall–Kier alpha value is -1.55. The van der Waals surface area contributed by atoms with Gasteiger partial charge >= 0.3 is 6.09 Å². The van der Waals surface area contributed by atoms with Gasteiger partial charge in [0.1, 0.15) is 6.61 Å². The summed E-state index contributed by atoms with van der Waals surface area (Å²) in [5.41, 5.74) is 0.892. The van der Waals surface area contributed by atoms with E-state index in [1.54, 1.807) is 0 Å². The fourth-order valence-corrected chi connectivity index (χ4v) is 1.57. The summed E-state index contributed by atoms with van der Waals surface area (Å²) in [7, 11) is 0. The molecule has 20 heavy (non-hydrogen) atoms. The molecule has 0 fully saturated rings. The Morgan fingerprint density at radius 3 is 2.50 bits per heavy atom. The van der Waals surface area contributed by atoms with E-state index in [0.717, 1.165) is 18.4 Å². The number of benzene rings is 1. The fraction of sp³-hybridized carbons (Fsp3) is 0.562. The number of carbonyl (C=O) groups is 1. The molecule has 0 saturated heterocycles. The first-order valence-electron chi connectivity index (χ1n) is 7.06. The number of hydrogen-bond acceptors (Lipinski definition) is 3. The van der Waals surface area contributed by atoms with Crippen molar-refractivity contribution in [2.24, 2.45) is 0 Å². The second-order valence-corrected chi connectivity index (χ2v) is 5.66. The zero-order chi connectivity index (χ0) is 14.8. The maximum absolute atomic E-state index is 11.4. The van der Waals surface area contributed by atoms with E-state index in [1.165, 1.54) is 0 Å². The average Bonchev–Trinajstić information content (AvgIpc) is 2.40. The van der Waals surface area contributed by atoms with Crippen LogP contribution in [0.3, 0.4) is 0 Å². The molecule has 4 heteroatoms. The van der Waals surface area contributed by atoms with Crippen molar-refractivity contribution in [3.05, 3.63) is 35.9 Å². The summed E-state index contributed by atoms with van der Waals surface area (Å²) in [5, 5.41) is 2.73. The predicted molar refractivity (Wildman–Crippen MR) is 79.6 cm³/mol. The van der Waals surface area contributed by atoms with Crippen LogP contribution in [0.15, 0.2) is 30.3 Å². The van der Waals surface area contributed by atoms with Crippen molar-refractivity contribution in [1.29, 1.82) is 0 Å².